The summed E-state index contributed by atoms with van der Waals surface area (Å²) in [5.41, 5.74) is 10.6. The number of hydrogen-bond acceptors (Lipinski definition) is 9. The minimum absolute atomic E-state index is 0.144. The first-order valence-corrected chi connectivity index (χ1v) is 24.4. The fourth-order valence-corrected chi connectivity index (χ4v) is 11.7. The molecule has 0 aliphatic carbocycles. The predicted molar refractivity (Wildman–Crippen MR) is 263 cm³/mol. The van der Waals surface area contributed by atoms with Gasteiger partial charge in [0.15, 0.2) is 0 Å². The van der Waals surface area contributed by atoms with Crippen molar-refractivity contribution in [2.24, 2.45) is 20.0 Å². The molecular formula is C53H61N10O4+. The highest BCUT2D eigenvalue weighted by molar-refractivity contribution is 5.95. The number of aromatic nitrogens is 4. The first-order valence-electron chi connectivity index (χ1n) is 24.4. The number of fused-ring (bicyclic) bond motifs is 3. The Kier molecular flexibility index (Phi) is 11.6. The molecule has 1 atom stereocenters. The quantitative estimate of drug-likeness (QED) is 0.150. The van der Waals surface area contributed by atoms with Crippen molar-refractivity contribution in [2.45, 2.75) is 56.9 Å². The summed E-state index contributed by atoms with van der Waals surface area (Å²) in [4.78, 5) is 61.3. The van der Waals surface area contributed by atoms with E-state index in [1.807, 2.05) is 12.3 Å². The second-order valence-corrected chi connectivity index (χ2v) is 19.7. The average molecular weight is 902 g/mol. The molecule has 0 unspecified atom stereocenters. The molecule has 4 fully saturated rings. The third-order valence-corrected chi connectivity index (χ3v) is 15.7. The summed E-state index contributed by atoms with van der Waals surface area (Å²) >= 11 is 0. The van der Waals surface area contributed by atoms with Gasteiger partial charge in [-0.05, 0) is 122 Å². The fourth-order valence-electron chi connectivity index (χ4n) is 11.7. The van der Waals surface area contributed by atoms with Crippen LogP contribution >= 0.6 is 0 Å². The van der Waals surface area contributed by atoms with Crippen molar-refractivity contribution in [3.05, 3.63) is 134 Å². The number of likely N-dealkylation sites (tertiary alicyclic amines) is 2. The molecule has 346 valence electrons. The molecule has 5 aliphatic rings. The number of aryl methyl sites for hydroxylation is 1. The first kappa shape index (κ1) is 43.2. The first-order chi connectivity index (χ1) is 32.6. The summed E-state index contributed by atoms with van der Waals surface area (Å²) in [5, 5.41) is 12.9. The average Bonchev–Trinajstić information content (AvgIpc) is 3.97. The number of anilines is 2. The van der Waals surface area contributed by atoms with E-state index in [2.05, 4.69) is 113 Å². The number of aromatic amines is 1. The maximum absolute atomic E-state index is 13.7. The van der Waals surface area contributed by atoms with E-state index >= 15 is 0 Å². The van der Waals surface area contributed by atoms with E-state index in [4.69, 9.17) is 0 Å². The van der Waals surface area contributed by atoms with Crippen LogP contribution in [0.2, 0.25) is 0 Å². The number of nitrogens with zero attached hydrogens (tertiary/aromatic N) is 8. The number of hydrogen-bond donors (Lipinski definition) is 2. The lowest BCUT2D eigenvalue weighted by molar-refractivity contribution is -0.478. The van der Waals surface area contributed by atoms with Crippen LogP contribution in [0, 0.1) is 10.8 Å². The number of pyridine rings is 1. The number of benzene rings is 3. The highest BCUT2D eigenvalue weighted by Gasteiger charge is 2.39. The van der Waals surface area contributed by atoms with Crippen LogP contribution < -0.4 is 15.8 Å². The minimum atomic E-state index is -0.575. The molecule has 8 heterocycles. The van der Waals surface area contributed by atoms with E-state index in [1.54, 1.807) is 17.7 Å². The van der Waals surface area contributed by atoms with Crippen LogP contribution in [-0.4, -0.2) is 123 Å². The van der Waals surface area contributed by atoms with Crippen LogP contribution in [0.5, 0.6) is 0 Å². The molecule has 14 nitrogen and oxygen atoms in total. The Balaban J connectivity index is 0.638. The lowest BCUT2D eigenvalue weighted by atomic mass is 9.88. The molecule has 5 aliphatic heterocycles. The number of nitrogens with one attached hydrogen (secondary N) is 2. The zero-order valence-electron chi connectivity index (χ0n) is 38.8. The Bertz CT molecular complexity index is 2960. The molecule has 67 heavy (non-hydrogen) atoms. The van der Waals surface area contributed by atoms with Gasteiger partial charge in [0.2, 0.25) is 6.54 Å². The summed E-state index contributed by atoms with van der Waals surface area (Å²) < 4.78 is 4.52. The topological polar surface area (TPSA) is 135 Å². The molecule has 0 spiro atoms. The van der Waals surface area contributed by atoms with Crippen molar-refractivity contribution in [3.8, 4) is 0 Å². The summed E-state index contributed by atoms with van der Waals surface area (Å²) in [6.07, 6.45) is 9.64. The van der Waals surface area contributed by atoms with Crippen LogP contribution in [0.1, 0.15) is 88.7 Å². The summed E-state index contributed by atoms with van der Waals surface area (Å²) in [6, 6.07) is 25.1. The standard InChI is InChI=1S/C53H61N10O4/c1-57-42(29-47-43(13-18-54-51(47)57)39-9-12-48-40(28-39)32-55-56-48)34-59-20-16-37(17-21-59)36-5-7-38(8-6-36)52(65)62-22-14-35(15-23-62)33-60-24-26-61(27-25-60)41-10-11-44-46(31-50(64)58(2)49(44)30-41)45-4-3-19-63(67)53(45)66/h5-13,28-32,35,37,45,54H,3-4,14-27,33-34H2,1-2H3,(H,55,56)/q+1/t45-/m0/s1. The number of nitroso groups, excluding NO2 is 1. The third-order valence-electron chi connectivity index (χ3n) is 15.7. The number of carbonyl (C=O) groups is 2. The second-order valence-electron chi connectivity index (χ2n) is 19.7. The van der Waals surface area contributed by atoms with Crippen LogP contribution in [0.4, 0.5) is 11.5 Å². The fraction of sp³-hybridized carbons (Fsp3) is 0.434. The van der Waals surface area contributed by atoms with Gasteiger partial charge in [-0.25, -0.2) is 4.79 Å². The van der Waals surface area contributed by atoms with Crippen molar-refractivity contribution < 1.29 is 14.3 Å². The SMILES string of the molecule is Cn1c(CN2CCC(c3ccc(C(=O)N4CCC(CN5CCN(c6ccc7c([C@@H]8CCC[N+](=O)C8=O)cc(=O)n(C)c7c6)CC5)CC4)cc3)CC2)cc2c1NCC=C2c1ccc2[nH]ncc2c1. The van der Waals surface area contributed by atoms with E-state index in [9.17, 15) is 19.3 Å². The molecule has 0 bridgehead atoms. The van der Waals surface area contributed by atoms with Gasteiger partial charge in [-0.15, -0.1) is 0 Å². The van der Waals surface area contributed by atoms with Crippen molar-refractivity contribution >= 4 is 50.7 Å². The second kappa shape index (κ2) is 18.0. The Morgan fingerprint density at radius 1 is 0.806 bits per heavy atom. The van der Waals surface area contributed by atoms with E-state index in [0.717, 1.165) is 131 Å². The Morgan fingerprint density at radius 3 is 2.39 bits per heavy atom. The number of carbonyl (C=O) groups excluding carboxylic acids is 2. The van der Waals surface area contributed by atoms with Crippen LogP contribution in [0.3, 0.4) is 0 Å². The smallest absolute Gasteiger partial charge is 0.369 e. The maximum Gasteiger partial charge on any atom is 0.440 e. The van der Waals surface area contributed by atoms with E-state index in [-0.39, 0.29) is 18.0 Å². The molecule has 11 rings (SSSR count). The van der Waals surface area contributed by atoms with Crippen molar-refractivity contribution in [2.75, 3.05) is 82.2 Å². The molecule has 4 saturated heterocycles. The molecule has 3 aromatic heterocycles. The molecule has 3 aromatic carbocycles. The van der Waals surface area contributed by atoms with Gasteiger partial charge in [-0.3, -0.25) is 24.5 Å². The lowest BCUT2D eigenvalue weighted by Crippen LogP contribution is -2.49. The number of piperidine rings is 3. The molecule has 14 heteroatoms. The van der Waals surface area contributed by atoms with Crippen molar-refractivity contribution in [1.29, 1.82) is 0 Å². The van der Waals surface area contributed by atoms with Gasteiger partial charge in [0.1, 0.15) is 11.7 Å². The zero-order valence-corrected chi connectivity index (χ0v) is 38.8. The summed E-state index contributed by atoms with van der Waals surface area (Å²) in [5.74, 6) is 1.36. The van der Waals surface area contributed by atoms with E-state index in [1.165, 1.54) is 33.8 Å². The zero-order chi connectivity index (χ0) is 45.8. The normalized spacial score (nSPS) is 20.4. The largest absolute Gasteiger partial charge is 0.440 e. The Labute approximate surface area is 390 Å². The summed E-state index contributed by atoms with van der Waals surface area (Å²) in [6.45, 7) is 10.3. The van der Waals surface area contributed by atoms with Crippen molar-refractivity contribution in [3.63, 3.8) is 0 Å². The monoisotopic (exact) mass is 901 g/mol. The minimum Gasteiger partial charge on any atom is -0.369 e. The predicted octanol–water partition coefficient (Wildman–Crippen LogP) is 6.85. The molecular weight excluding hydrogens is 841 g/mol. The molecule has 0 radical (unpaired) electrons. The van der Waals surface area contributed by atoms with Gasteiger partial charge in [0.05, 0.1) is 22.0 Å². The maximum atomic E-state index is 13.7. The third kappa shape index (κ3) is 8.39. The van der Waals surface area contributed by atoms with E-state index < -0.39 is 11.8 Å². The number of H-pyrrole nitrogens is 1. The Hall–Kier alpha value is -6.38. The number of rotatable bonds is 9. The van der Waals surface area contributed by atoms with Gasteiger partial charge in [0.25, 0.3) is 11.5 Å². The van der Waals surface area contributed by atoms with Crippen LogP contribution in [-0.2, 0) is 25.4 Å². The van der Waals surface area contributed by atoms with Crippen LogP contribution in [0.15, 0.2) is 89.9 Å². The van der Waals surface area contributed by atoms with Crippen LogP contribution in [0.25, 0.3) is 27.4 Å². The molecule has 0 saturated carbocycles. The highest BCUT2D eigenvalue weighted by Crippen LogP contribution is 2.38. The summed E-state index contributed by atoms with van der Waals surface area (Å²) in [7, 11) is 3.95. The van der Waals surface area contributed by atoms with Gasteiger partial charge >= 0.3 is 5.91 Å². The highest BCUT2D eigenvalue weighted by atomic mass is 16.3. The number of amides is 2. The van der Waals surface area contributed by atoms with Crippen molar-refractivity contribution in [1.82, 2.24) is 34.0 Å². The van der Waals surface area contributed by atoms with Gasteiger partial charge in [-0.2, -0.15) is 5.10 Å². The number of piperazine rings is 1. The van der Waals surface area contributed by atoms with E-state index in [0.29, 0.717) is 35.0 Å². The molecule has 2 N–H and O–H groups in total. The lowest BCUT2D eigenvalue weighted by Gasteiger charge is -2.39. The van der Waals surface area contributed by atoms with Gasteiger partial charge in [0, 0.05) is 124 Å². The van der Waals surface area contributed by atoms with Gasteiger partial charge < -0.3 is 24.3 Å². The van der Waals surface area contributed by atoms with Gasteiger partial charge in [-0.1, -0.05) is 30.3 Å². The molecule has 2 amide bonds. The molecule has 6 aromatic rings. The Morgan fingerprint density at radius 2 is 1.60 bits per heavy atom.